The molecule has 25 heavy (non-hydrogen) atoms. The fourth-order valence-corrected chi connectivity index (χ4v) is 2.63. The highest BCUT2D eigenvalue weighted by molar-refractivity contribution is 5.97. The Morgan fingerprint density at radius 3 is 2.00 bits per heavy atom. The Morgan fingerprint density at radius 1 is 0.920 bits per heavy atom. The Kier molecular flexibility index (Phi) is 6.31. The quantitative estimate of drug-likeness (QED) is 0.841. The molecule has 2 aromatic carbocycles. The molecule has 0 saturated heterocycles. The summed E-state index contributed by atoms with van der Waals surface area (Å²) in [4.78, 5) is 27.6. The normalized spacial score (nSPS) is 10.7. The van der Waals surface area contributed by atoms with E-state index in [0.717, 1.165) is 12.1 Å². The zero-order valence-corrected chi connectivity index (χ0v) is 14.9. The molecule has 0 aliphatic carbocycles. The highest BCUT2D eigenvalue weighted by Gasteiger charge is 2.16. The molecule has 2 aromatic rings. The van der Waals surface area contributed by atoms with Crippen molar-refractivity contribution in [2.45, 2.75) is 20.0 Å². The van der Waals surface area contributed by atoms with E-state index >= 15 is 0 Å². The van der Waals surface area contributed by atoms with Gasteiger partial charge in [0, 0.05) is 25.2 Å². The average Bonchev–Trinajstić information content (AvgIpc) is 2.60. The second kappa shape index (κ2) is 8.44. The van der Waals surface area contributed by atoms with Crippen molar-refractivity contribution in [1.29, 1.82) is 0 Å². The summed E-state index contributed by atoms with van der Waals surface area (Å²) in [5, 5.41) is 9.08. The number of benzene rings is 2. The number of carboxylic acid groups (broad SMARTS) is 1. The van der Waals surface area contributed by atoms with Crippen molar-refractivity contribution in [2.24, 2.45) is 0 Å². The minimum Gasteiger partial charge on any atom is -0.478 e. The van der Waals surface area contributed by atoms with Crippen LogP contribution in [0.1, 0.15) is 38.8 Å². The van der Waals surface area contributed by atoms with Crippen molar-refractivity contribution >= 4 is 11.9 Å². The summed E-state index contributed by atoms with van der Waals surface area (Å²) in [5.74, 6) is -1.20. The van der Waals surface area contributed by atoms with E-state index < -0.39 is 5.97 Å². The Bertz CT molecular complexity index is 739. The number of nitrogens with zero attached hydrogens (tertiary/aromatic N) is 2. The first-order valence-electron chi connectivity index (χ1n) is 8.26. The summed E-state index contributed by atoms with van der Waals surface area (Å²) >= 11 is 0. The minimum absolute atomic E-state index is 0.120. The van der Waals surface area contributed by atoms with Crippen molar-refractivity contribution in [3.63, 3.8) is 0 Å². The molecule has 132 valence electrons. The van der Waals surface area contributed by atoms with Gasteiger partial charge in [-0.05, 0) is 50.3 Å². The van der Waals surface area contributed by atoms with Crippen molar-refractivity contribution in [3.05, 3.63) is 70.8 Å². The van der Waals surface area contributed by atoms with Gasteiger partial charge in [-0.2, -0.15) is 0 Å². The summed E-state index contributed by atoms with van der Waals surface area (Å²) in [6, 6.07) is 14.4. The molecule has 0 aromatic heterocycles. The van der Waals surface area contributed by atoms with Crippen molar-refractivity contribution in [1.82, 2.24) is 9.80 Å². The molecule has 0 bridgehead atoms. The molecule has 0 radical (unpaired) electrons. The van der Waals surface area contributed by atoms with E-state index in [9.17, 15) is 9.59 Å². The predicted octanol–water partition coefficient (Wildman–Crippen LogP) is 3.11. The lowest BCUT2D eigenvalue weighted by Gasteiger charge is -2.21. The van der Waals surface area contributed by atoms with Gasteiger partial charge in [0.1, 0.15) is 0 Å². The third-order valence-corrected chi connectivity index (χ3v) is 3.92. The summed E-state index contributed by atoms with van der Waals surface area (Å²) in [6.07, 6.45) is 0. The van der Waals surface area contributed by atoms with E-state index in [1.54, 1.807) is 17.0 Å². The standard InChI is InChI=1S/C20H24N2O3/c1-4-22(14-16-10-8-15(9-11-16)13-21(2)3)19(23)17-6-5-7-18(12-17)20(24)25/h5-12H,4,13-14H2,1-3H3,(H,24,25). The highest BCUT2D eigenvalue weighted by Crippen LogP contribution is 2.13. The number of carboxylic acids is 1. The van der Waals surface area contributed by atoms with Gasteiger partial charge < -0.3 is 14.9 Å². The molecule has 0 unspecified atom stereocenters. The van der Waals surface area contributed by atoms with Crippen LogP contribution in [0.5, 0.6) is 0 Å². The van der Waals surface area contributed by atoms with Gasteiger partial charge in [-0.3, -0.25) is 4.79 Å². The summed E-state index contributed by atoms with van der Waals surface area (Å²) in [5.41, 5.74) is 2.78. The van der Waals surface area contributed by atoms with Crippen LogP contribution in [0.3, 0.4) is 0 Å². The second-order valence-electron chi connectivity index (χ2n) is 6.26. The van der Waals surface area contributed by atoms with Gasteiger partial charge in [-0.1, -0.05) is 30.3 Å². The Hall–Kier alpha value is -2.66. The van der Waals surface area contributed by atoms with Crippen LogP contribution in [0.2, 0.25) is 0 Å². The number of hydrogen-bond donors (Lipinski definition) is 1. The van der Waals surface area contributed by atoms with E-state index in [-0.39, 0.29) is 11.5 Å². The molecular formula is C20H24N2O3. The predicted molar refractivity (Wildman–Crippen MR) is 97.6 cm³/mol. The molecule has 0 saturated carbocycles. The molecule has 1 N–H and O–H groups in total. The van der Waals surface area contributed by atoms with Gasteiger partial charge in [0.25, 0.3) is 5.91 Å². The summed E-state index contributed by atoms with van der Waals surface area (Å²) in [6.45, 7) is 3.84. The zero-order valence-electron chi connectivity index (χ0n) is 14.9. The lowest BCUT2D eigenvalue weighted by Crippen LogP contribution is -2.30. The number of hydrogen-bond acceptors (Lipinski definition) is 3. The third kappa shape index (κ3) is 5.16. The third-order valence-electron chi connectivity index (χ3n) is 3.92. The van der Waals surface area contributed by atoms with Gasteiger partial charge in [0.2, 0.25) is 0 Å². The maximum absolute atomic E-state index is 12.7. The smallest absolute Gasteiger partial charge is 0.335 e. The molecule has 5 heteroatoms. The van der Waals surface area contributed by atoms with E-state index in [4.69, 9.17) is 5.11 Å². The Morgan fingerprint density at radius 2 is 1.48 bits per heavy atom. The lowest BCUT2D eigenvalue weighted by atomic mass is 10.1. The van der Waals surface area contributed by atoms with E-state index in [0.29, 0.717) is 18.7 Å². The van der Waals surface area contributed by atoms with E-state index in [1.807, 2.05) is 33.2 Å². The van der Waals surface area contributed by atoms with Gasteiger partial charge >= 0.3 is 5.97 Å². The first-order valence-corrected chi connectivity index (χ1v) is 8.26. The van der Waals surface area contributed by atoms with Crippen LogP contribution >= 0.6 is 0 Å². The van der Waals surface area contributed by atoms with E-state index in [1.165, 1.54) is 17.7 Å². The van der Waals surface area contributed by atoms with Crippen LogP contribution in [0.15, 0.2) is 48.5 Å². The molecule has 0 spiro atoms. The van der Waals surface area contributed by atoms with Gasteiger partial charge in [0.15, 0.2) is 0 Å². The van der Waals surface area contributed by atoms with Gasteiger partial charge in [-0.25, -0.2) is 4.79 Å². The summed E-state index contributed by atoms with van der Waals surface area (Å²) in [7, 11) is 4.05. The topological polar surface area (TPSA) is 60.9 Å². The highest BCUT2D eigenvalue weighted by atomic mass is 16.4. The number of amides is 1. The van der Waals surface area contributed by atoms with Crippen LogP contribution in [-0.2, 0) is 13.1 Å². The Balaban J connectivity index is 2.12. The maximum Gasteiger partial charge on any atom is 0.335 e. The number of aromatic carboxylic acids is 1. The average molecular weight is 340 g/mol. The van der Waals surface area contributed by atoms with Crippen LogP contribution in [0.4, 0.5) is 0 Å². The maximum atomic E-state index is 12.7. The van der Waals surface area contributed by atoms with E-state index in [2.05, 4.69) is 17.0 Å². The SMILES string of the molecule is CCN(Cc1ccc(CN(C)C)cc1)C(=O)c1cccc(C(=O)O)c1. The molecule has 0 aliphatic rings. The molecular weight excluding hydrogens is 316 g/mol. The number of carbonyl (C=O) groups excluding carboxylic acids is 1. The van der Waals surface area contributed by atoms with Gasteiger partial charge in [0.05, 0.1) is 5.56 Å². The van der Waals surface area contributed by atoms with Crippen LogP contribution in [0, 0.1) is 0 Å². The van der Waals surface area contributed by atoms with Crippen molar-refractivity contribution in [3.8, 4) is 0 Å². The van der Waals surface area contributed by atoms with Crippen LogP contribution in [0.25, 0.3) is 0 Å². The molecule has 2 rings (SSSR count). The lowest BCUT2D eigenvalue weighted by molar-refractivity contribution is 0.0697. The molecule has 0 atom stereocenters. The molecule has 0 aliphatic heterocycles. The monoisotopic (exact) mass is 340 g/mol. The summed E-state index contributed by atoms with van der Waals surface area (Å²) < 4.78 is 0. The number of carbonyl (C=O) groups is 2. The Labute approximate surface area is 148 Å². The molecule has 0 fully saturated rings. The molecule has 0 heterocycles. The fraction of sp³-hybridized carbons (Fsp3) is 0.300. The zero-order chi connectivity index (χ0) is 18.4. The second-order valence-corrected chi connectivity index (χ2v) is 6.26. The largest absolute Gasteiger partial charge is 0.478 e. The first kappa shape index (κ1) is 18.7. The number of rotatable bonds is 7. The van der Waals surface area contributed by atoms with Gasteiger partial charge in [-0.15, -0.1) is 0 Å². The van der Waals surface area contributed by atoms with Crippen molar-refractivity contribution in [2.75, 3.05) is 20.6 Å². The fourth-order valence-electron chi connectivity index (χ4n) is 2.63. The van der Waals surface area contributed by atoms with Crippen molar-refractivity contribution < 1.29 is 14.7 Å². The first-order chi connectivity index (χ1) is 11.9. The minimum atomic E-state index is -1.03. The van der Waals surface area contributed by atoms with Crippen LogP contribution in [-0.4, -0.2) is 47.4 Å². The molecule has 5 nitrogen and oxygen atoms in total. The molecule has 1 amide bonds. The van der Waals surface area contributed by atoms with Crippen LogP contribution < -0.4 is 0 Å².